The number of phenols is 1. The number of aromatic nitrogens is 3. The number of carbonyl (C=O) groups is 1. The number of hydrogen-bond donors (Lipinski definition) is 1. The molecule has 0 unspecified atom stereocenters. The largest absolute Gasteiger partial charge is 0.508 e. The van der Waals surface area contributed by atoms with E-state index >= 15 is 0 Å². The molecule has 0 fully saturated rings. The molecule has 5 nitrogen and oxygen atoms in total. The molecule has 0 radical (unpaired) electrons. The summed E-state index contributed by atoms with van der Waals surface area (Å²) in [5.74, 6) is 0.362. The van der Waals surface area contributed by atoms with Crippen LogP contribution in [-0.4, -0.2) is 25.5 Å². The van der Waals surface area contributed by atoms with Gasteiger partial charge in [-0.2, -0.15) is 5.10 Å². The fourth-order valence-electron chi connectivity index (χ4n) is 2.70. The molecule has 0 atom stereocenters. The molecule has 0 saturated carbocycles. The topological polar surface area (TPSA) is 67.5 Å². The maximum Gasteiger partial charge on any atom is 0.182 e. The Bertz CT molecular complexity index is 1060. The minimum Gasteiger partial charge on any atom is -0.508 e. The van der Waals surface area contributed by atoms with Gasteiger partial charge in [0.25, 0.3) is 0 Å². The van der Waals surface area contributed by atoms with E-state index in [9.17, 15) is 4.79 Å². The number of rotatable bonds is 3. The number of benzene rings is 2. The zero-order valence-corrected chi connectivity index (χ0v) is 16.3. The van der Waals surface area contributed by atoms with Crippen LogP contribution >= 0.6 is 0 Å². The number of hydrogen-bond acceptors (Lipinski definition) is 4. The fourth-order valence-corrected chi connectivity index (χ4v) is 2.70. The van der Waals surface area contributed by atoms with Crippen LogP contribution in [0.5, 0.6) is 5.75 Å². The Morgan fingerprint density at radius 3 is 2.14 bits per heavy atom. The minimum absolute atomic E-state index is 0.0327. The summed E-state index contributed by atoms with van der Waals surface area (Å²) in [5, 5.41) is 13.1. The van der Waals surface area contributed by atoms with E-state index in [0.717, 1.165) is 11.3 Å². The van der Waals surface area contributed by atoms with Crippen LogP contribution in [0.2, 0.25) is 0 Å². The first-order valence-electron chi connectivity index (χ1n) is 9.18. The molecule has 4 aromatic rings. The fraction of sp³-hybridized carbons (Fsp3) is 0.174. The summed E-state index contributed by atoms with van der Waals surface area (Å²) in [4.78, 5) is 16.0. The van der Waals surface area contributed by atoms with Gasteiger partial charge in [-0.05, 0) is 32.0 Å². The summed E-state index contributed by atoms with van der Waals surface area (Å²) in [6.07, 6.45) is 2.19. The molecule has 0 bridgehead atoms. The smallest absolute Gasteiger partial charge is 0.182 e. The van der Waals surface area contributed by atoms with Crippen LogP contribution in [0, 0.1) is 13.8 Å². The number of fused-ring (bicyclic) bond motifs is 1. The highest BCUT2D eigenvalue weighted by Gasteiger charge is 2.12. The van der Waals surface area contributed by atoms with E-state index in [-0.39, 0.29) is 5.78 Å². The van der Waals surface area contributed by atoms with E-state index < -0.39 is 0 Å². The summed E-state index contributed by atoms with van der Waals surface area (Å²) in [5.41, 5.74) is 5.54. The van der Waals surface area contributed by atoms with Crippen molar-refractivity contribution in [2.75, 3.05) is 0 Å². The van der Waals surface area contributed by atoms with Crippen LogP contribution in [0.1, 0.15) is 35.0 Å². The molecule has 28 heavy (non-hydrogen) atoms. The third-order valence-electron chi connectivity index (χ3n) is 4.35. The van der Waals surface area contributed by atoms with Crippen LogP contribution in [0.15, 0.2) is 66.9 Å². The number of carbonyl (C=O) groups excluding carboxylic acids is 1. The van der Waals surface area contributed by atoms with Gasteiger partial charge in [0.2, 0.25) is 0 Å². The molecule has 0 aliphatic rings. The van der Waals surface area contributed by atoms with E-state index in [1.54, 1.807) is 28.9 Å². The van der Waals surface area contributed by atoms with Gasteiger partial charge in [0, 0.05) is 24.2 Å². The molecule has 4 rings (SSSR count). The van der Waals surface area contributed by atoms with Crippen molar-refractivity contribution >= 4 is 11.4 Å². The summed E-state index contributed by atoms with van der Waals surface area (Å²) < 4.78 is 1.73. The predicted octanol–water partition coefficient (Wildman–Crippen LogP) is 5.00. The molecule has 142 valence electrons. The number of ketones is 1. The van der Waals surface area contributed by atoms with Gasteiger partial charge in [-0.3, -0.25) is 4.79 Å². The van der Waals surface area contributed by atoms with E-state index in [1.807, 2.05) is 44.2 Å². The van der Waals surface area contributed by atoms with Crippen LogP contribution in [0.25, 0.3) is 16.9 Å². The Hall–Kier alpha value is -3.47. The van der Waals surface area contributed by atoms with E-state index in [1.165, 1.54) is 11.1 Å². The van der Waals surface area contributed by atoms with Gasteiger partial charge < -0.3 is 5.11 Å². The van der Waals surface area contributed by atoms with Gasteiger partial charge in [-0.15, -0.1) is 0 Å². The van der Waals surface area contributed by atoms with E-state index in [0.29, 0.717) is 23.5 Å². The van der Waals surface area contributed by atoms with E-state index in [4.69, 9.17) is 5.11 Å². The SMILES string of the molecule is CCC(=O)c1cc2nccc(-c3ccc(C)cc3)n2n1.Cc1ccc(O)cc1. The normalized spacial score (nSPS) is 10.4. The monoisotopic (exact) mass is 373 g/mol. The highest BCUT2D eigenvalue weighted by Crippen LogP contribution is 2.20. The maximum absolute atomic E-state index is 11.8. The first-order chi connectivity index (χ1) is 13.5. The lowest BCUT2D eigenvalue weighted by molar-refractivity contribution is 0.0983. The van der Waals surface area contributed by atoms with Gasteiger partial charge in [0.05, 0.1) is 5.69 Å². The van der Waals surface area contributed by atoms with Crippen LogP contribution < -0.4 is 0 Å². The van der Waals surface area contributed by atoms with Crippen LogP contribution in [-0.2, 0) is 0 Å². The molecule has 2 heterocycles. The molecule has 0 aliphatic heterocycles. The van der Waals surface area contributed by atoms with Gasteiger partial charge >= 0.3 is 0 Å². The number of Topliss-reactive ketones (excluding diaryl/α,β-unsaturated/α-hetero) is 1. The third-order valence-corrected chi connectivity index (χ3v) is 4.35. The zero-order chi connectivity index (χ0) is 20.1. The van der Waals surface area contributed by atoms with Crippen molar-refractivity contribution < 1.29 is 9.90 Å². The highest BCUT2D eigenvalue weighted by molar-refractivity contribution is 5.95. The van der Waals surface area contributed by atoms with Crippen molar-refractivity contribution in [3.63, 3.8) is 0 Å². The Morgan fingerprint density at radius 2 is 1.57 bits per heavy atom. The van der Waals surface area contributed by atoms with Crippen LogP contribution in [0.4, 0.5) is 0 Å². The van der Waals surface area contributed by atoms with Crippen molar-refractivity contribution in [3.8, 4) is 17.0 Å². The van der Waals surface area contributed by atoms with Gasteiger partial charge in [-0.1, -0.05) is 54.4 Å². The standard InChI is InChI=1S/C16H15N3O.C7H8O/c1-3-15(20)13-10-16-17-9-8-14(19(16)18-13)12-6-4-11(2)5-7-12;1-6-2-4-7(8)5-3-6/h4-10H,3H2,1-2H3;2-5,8H,1H3. The summed E-state index contributed by atoms with van der Waals surface area (Å²) in [7, 11) is 0. The average molecular weight is 373 g/mol. The van der Waals surface area contributed by atoms with Gasteiger partial charge in [0.1, 0.15) is 11.4 Å². The second-order valence-corrected chi connectivity index (χ2v) is 6.61. The molecule has 5 heteroatoms. The molecule has 0 amide bonds. The molecule has 0 saturated heterocycles. The van der Waals surface area contributed by atoms with E-state index in [2.05, 4.69) is 29.1 Å². The minimum atomic E-state index is 0.0327. The Balaban J connectivity index is 0.000000236. The molecule has 0 spiro atoms. The average Bonchev–Trinajstić information content (AvgIpc) is 3.15. The highest BCUT2D eigenvalue weighted by atomic mass is 16.3. The number of aryl methyl sites for hydroxylation is 2. The Morgan fingerprint density at radius 1 is 0.964 bits per heavy atom. The zero-order valence-electron chi connectivity index (χ0n) is 16.3. The first-order valence-corrected chi connectivity index (χ1v) is 9.18. The number of aromatic hydroxyl groups is 1. The number of phenolic OH excluding ortho intramolecular Hbond substituents is 1. The van der Waals surface area contributed by atoms with Crippen molar-refractivity contribution in [2.45, 2.75) is 27.2 Å². The van der Waals surface area contributed by atoms with Crippen LogP contribution in [0.3, 0.4) is 0 Å². The van der Waals surface area contributed by atoms with Gasteiger partial charge in [-0.25, -0.2) is 9.50 Å². The lowest BCUT2D eigenvalue weighted by Crippen LogP contribution is -2.00. The third kappa shape index (κ3) is 4.43. The second kappa shape index (κ2) is 8.48. The Kier molecular flexibility index (Phi) is 5.84. The maximum atomic E-state index is 11.8. The lowest BCUT2D eigenvalue weighted by atomic mass is 10.1. The molecule has 2 aromatic heterocycles. The molecular formula is C23H23N3O2. The summed E-state index contributed by atoms with van der Waals surface area (Å²) in [6.45, 7) is 5.87. The Labute approximate surface area is 164 Å². The molecular weight excluding hydrogens is 350 g/mol. The first kappa shape index (κ1) is 19.3. The molecule has 2 aromatic carbocycles. The quantitative estimate of drug-likeness (QED) is 0.513. The lowest BCUT2D eigenvalue weighted by Gasteiger charge is -2.04. The van der Waals surface area contributed by atoms with Gasteiger partial charge in [0.15, 0.2) is 11.4 Å². The number of nitrogens with zero attached hydrogens (tertiary/aromatic N) is 3. The second-order valence-electron chi connectivity index (χ2n) is 6.61. The summed E-state index contributed by atoms with van der Waals surface area (Å²) in [6, 6.07) is 19.0. The molecule has 1 N–H and O–H groups in total. The van der Waals surface area contributed by atoms with Crippen molar-refractivity contribution in [1.82, 2.24) is 14.6 Å². The molecule has 0 aliphatic carbocycles. The van der Waals surface area contributed by atoms with Crippen molar-refractivity contribution in [2.24, 2.45) is 0 Å². The van der Waals surface area contributed by atoms with Crippen molar-refractivity contribution in [1.29, 1.82) is 0 Å². The summed E-state index contributed by atoms with van der Waals surface area (Å²) >= 11 is 0. The predicted molar refractivity (Wildman–Crippen MR) is 111 cm³/mol. The van der Waals surface area contributed by atoms with Crippen molar-refractivity contribution in [3.05, 3.63) is 83.7 Å².